The average molecular weight is 487 g/mol. The molecule has 3 aromatic rings. The largest absolute Gasteiger partial charge is 0.485 e. The molecule has 7 heteroatoms. The number of benzene rings is 3. The van der Waals surface area contributed by atoms with Crippen LogP contribution in [0.5, 0.6) is 11.5 Å². The van der Waals surface area contributed by atoms with Gasteiger partial charge in [-0.1, -0.05) is 36.4 Å². The quantitative estimate of drug-likeness (QED) is 0.430. The van der Waals surface area contributed by atoms with Gasteiger partial charge in [0.1, 0.15) is 11.5 Å². The molecule has 0 spiro atoms. The van der Waals surface area contributed by atoms with Crippen molar-refractivity contribution in [2.45, 2.75) is 33.2 Å². The molecule has 0 unspecified atom stereocenters. The summed E-state index contributed by atoms with van der Waals surface area (Å²) >= 11 is 0. The van der Waals surface area contributed by atoms with Crippen LogP contribution in [0.1, 0.15) is 39.9 Å². The van der Waals surface area contributed by atoms with Crippen LogP contribution >= 0.6 is 0 Å². The SMILES string of the molecule is Cc1ccc(OCC(=O)c2ccc3c(c2)N(CCCC(=O)NCc2ccccc2)C(=O)CO3)cc1C. The van der Waals surface area contributed by atoms with Gasteiger partial charge in [-0.25, -0.2) is 0 Å². The van der Waals surface area contributed by atoms with Gasteiger partial charge in [0.2, 0.25) is 5.91 Å². The van der Waals surface area contributed by atoms with Crippen LogP contribution in [-0.2, 0) is 16.1 Å². The molecule has 1 heterocycles. The van der Waals surface area contributed by atoms with Crippen molar-refractivity contribution >= 4 is 23.3 Å². The third kappa shape index (κ3) is 6.30. The summed E-state index contributed by atoms with van der Waals surface area (Å²) in [6, 6.07) is 20.4. The fourth-order valence-electron chi connectivity index (χ4n) is 3.94. The first kappa shape index (κ1) is 25.0. The van der Waals surface area contributed by atoms with Crippen molar-refractivity contribution in [3.63, 3.8) is 0 Å². The van der Waals surface area contributed by atoms with Gasteiger partial charge in [0.05, 0.1) is 5.69 Å². The van der Waals surface area contributed by atoms with Crippen LogP contribution < -0.4 is 19.7 Å². The van der Waals surface area contributed by atoms with Crippen molar-refractivity contribution in [3.05, 3.63) is 89.0 Å². The van der Waals surface area contributed by atoms with E-state index in [1.807, 2.05) is 62.4 Å². The number of carbonyl (C=O) groups is 3. The van der Waals surface area contributed by atoms with Gasteiger partial charge in [-0.2, -0.15) is 0 Å². The Kier molecular flexibility index (Phi) is 8.00. The molecule has 0 bridgehead atoms. The maximum Gasteiger partial charge on any atom is 0.265 e. The molecule has 0 radical (unpaired) electrons. The van der Waals surface area contributed by atoms with E-state index in [1.54, 1.807) is 23.1 Å². The van der Waals surface area contributed by atoms with E-state index in [2.05, 4.69) is 5.32 Å². The molecule has 0 aliphatic carbocycles. The molecule has 3 aromatic carbocycles. The lowest BCUT2D eigenvalue weighted by Crippen LogP contribution is -2.40. The fourth-order valence-corrected chi connectivity index (χ4v) is 3.94. The number of hydrogen-bond acceptors (Lipinski definition) is 5. The molecule has 1 N–H and O–H groups in total. The predicted molar refractivity (Wildman–Crippen MR) is 138 cm³/mol. The molecule has 36 heavy (non-hydrogen) atoms. The first-order valence-electron chi connectivity index (χ1n) is 12.0. The molecule has 2 amide bonds. The molecule has 4 rings (SSSR count). The van der Waals surface area contributed by atoms with Crippen LogP contribution in [0.3, 0.4) is 0 Å². The number of nitrogens with one attached hydrogen (secondary N) is 1. The van der Waals surface area contributed by atoms with Crippen molar-refractivity contribution in [2.24, 2.45) is 0 Å². The van der Waals surface area contributed by atoms with Crippen LogP contribution in [0.2, 0.25) is 0 Å². The molecule has 0 saturated heterocycles. The van der Waals surface area contributed by atoms with E-state index in [1.165, 1.54) is 0 Å². The van der Waals surface area contributed by atoms with Crippen LogP contribution in [-0.4, -0.2) is 37.4 Å². The lowest BCUT2D eigenvalue weighted by Gasteiger charge is -2.29. The number of ketones is 1. The molecule has 0 atom stereocenters. The summed E-state index contributed by atoms with van der Waals surface area (Å²) in [6.45, 7) is 4.64. The summed E-state index contributed by atoms with van der Waals surface area (Å²) in [4.78, 5) is 39.2. The number of nitrogens with zero attached hydrogens (tertiary/aromatic N) is 1. The molecule has 7 nitrogen and oxygen atoms in total. The Hall–Kier alpha value is -4.13. The van der Waals surface area contributed by atoms with Gasteiger partial charge in [0, 0.05) is 25.1 Å². The number of fused-ring (bicyclic) bond motifs is 1. The van der Waals surface area contributed by atoms with Crippen molar-refractivity contribution in [1.29, 1.82) is 0 Å². The Bertz CT molecular complexity index is 1260. The first-order chi connectivity index (χ1) is 17.4. The lowest BCUT2D eigenvalue weighted by atomic mass is 10.1. The van der Waals surface area contributed by atoms with Gasteiger partial charge in [-0.3, -0.25) is 14.4 Å². The zero-order chi connectivity index (χ0) is 25.5. The number of carbonyl (C=O) groups excluding carboxylic acids is 3. The van der Waals surface area contributed by atoms with Gasteiger partial charge in [-0.15, -0.1) is 0 Å². The molecule has 1 aliphatic heterocycles. The highest BCUT2D eigenvalue weighted by Gasteiger charge is 2.26. The van der Waals surface area contributed by atoms with Crippen molar-refractivity contribution < 1.29 is 23.9 Å². The minimum absolute atomic E-state index is 0.0730. The maximum atomic E-state index is 12.8. The van der Waals surface area contributed by atoms with Crippen molar-refractivity contribution in [1.82, 2.24) is 5.32 Å². The number of amides is 2. The smallest absolute Gasteiger partial charge is 0.265 e. The second-order valence-electron chi connectivity index (χ2n) is 8.84. The third-order valence-corrected chi connectivity index (χ3v) is 6.19. The fraction of sp³-hybridized carbons (Fsp3) is 0.276. The summed E-state index contributed by atoms with van der Waals surface area (Å²) in [7, 11) is 0. The van der Waals surface area contributed by atoms with E-state index in [9.17, 15) is 14.4 Å². The van der Waals surface area contributed by atoms with E-state index in [0.717, 1.165) is 16.7 Å². The van der Waals surface area contributed by atoms with Gasteiger partial charge in [0.15, 0.2) is 19.0 Å². The van der Waals surface area contributed by atoms with E-state index < -0.39 is 0 Å². The Balaban J connectivity index is 1.35. The molecule has 186 valence electrons. The predicted octanol–water partition coefficient (Wildman–Crippen LogP) is 4.39. The molecule has 0 aromatic heterocycles. The van der Waals surface area contributed by atoms with E-state index >= 15 is 0 Å². The number of anilines is 1. The number of aryl methyl sites for hydroxylation is 2. The second-order valence-corrected chi connectivity index (χ2v) is 8.84. The molecule has 0 saturated carbocycles. The monoisotopic (exact) mass is 486 g/mol. The Labute approximate surface area is 211 Å². The average Bonchev–Trinajstić information content (AvgIpc) is 2.89. The van der Waals surface area contributed by atoms with Crippen LogP contribution in [0, 0.1) is 13.8 Å². The van der Waals surface area contributed by atoms with Gasteiger partial charge < -0.3 is 19.7 Å². The standard InChI is InChI=1S/C29H30N2O5/c1-20-10-12-24(15-21(20)2)35-18-26(32)23-11-13-27-25(16-23)31(29(34)19-36-27)14-6-9-28(33)30-17-22-7-4-3-5-8-22/h3-5,7-8,10-13,15-16H,6,9,14,17-19H2,1-2H3,(H,30,33). The minimum atomic E-state index is -0.205. The lowest BCUT2D eigenvalue weighted by molar-refractivity contribution is -0.123. The summed E-state index contributed by atoms with van der Waals surface area (Å²) in [6.07, 6.45) is 0.773. The zero-order valence-electron chi connectivity index (χ0n) is 20.6. The topological polar surface area (TPSA) is 84.9 Å². The number of ether oxygens (including phenoxy) is 2. The Morgan fingerprint density at radius 3 is 2.58 bits per heavy atom. The van der Waals surface area contributed by atoms with Crippen LogP contribution in [0.4, 0.5) is 5.69 Å². The summed E-state index contributed by atoms with van der Waals surface area (Å²) in [5.74, 6) is 0.689. The van der Waals surface area contributed by atoms with Gasteiger partial charge in [0.25, 0.3) is 5.91 Å². The van der Waals surface area contributed by atoms with E-state index in [0.29, 0.717) is 42.3 Å². The highest BCUT2D eigenvalue weighted by Crippen LogP contribution is 2.33. The normalized spacial score (nSPS) is 12.5. The first-order valence-corrected chi connectivity index (χ1v) is 12.0. The molecular formula is C29H30N2O5. The number of rotatable bonds is 10. The minimum Gasteiger partial charge on any atom is -0.485 e. The molecular weight excluding hydrogens is 456 g/mol. The van der Waals surface area contributed by atoms with E-state index in [4.69, 9.17) is 9.47 Å². The Morgan fingerprint density at radius 1 is 1.00 bits per heavy atom. The zero-order valence-corrected chi connectivity index (χ0v) is 20.6. The highest BCUT2D eigenvalue weighted by molar-refractivity contribution is 6.02. The van der Waals surface area contributed by atoms with Crippen LogP contribution in [0.15, 0.2) is 66.7 Å². The van der Waals surface area contributed by atoms with Gasteiger partial charge in [-0.05, 0) is 67.3 Å². The number of Topliss-reactive ketones (excluding diaryl/α,β-unsaturated/α-hetero) is 1. The summed E-state index contributed by atoms with van der Waals surface area (Å²) in [5, 5.41) is 2.90. The van der Waals surface area contributed by atoms with Crippen LogP contribution in [0.25, 0.3) is 0 Å². The Morgan fingerprint density at radius 2 is 1.81 bits per heavy atom. The summed E-state index contributed by atoms with van der Waals surface area (Å²) < 4.78 is 11.2. The van der Waals surface area contributed by atoms with Gasteiger partial charge >= 0.3 is 0 Å². The number of hydrogen-bond donors (Lipinski definition) is 1. The maximum absolute atomic E-state index is 12.8. The van der Waals surface area contributed by atoms with E-state index in [-0.39, 0.29) is 37.2 Å². The van der Waals surface area contributed by atoms with Crippen molar-refractivity contribution in [3.8, 4) is 11.5 Å². The molecule has 1 aliphatic rings. The second kappa shape index (κ2) is 11.5. The van der Waals surface area contributed by atoms with Crippen molar-refractivity contribution in [2.75, 3.05) is 24.7 Å². The third-order valence-electron chi connectivity index (χ3n) is 6.19. The highest BCUT2D eigenvalue weighted by atomic mass is 16.5. The summed E-state index contributed by atoms with van der Waals surface area (Å²) in [5.41, 5.74) is 4.24. The molecule has 0 fully saturated rings.